The van der Waals surface area contributed by atoms with Crippen molar-refractivity contribution < 1.29 is 14.4 Å². The van der Waals surface area contributed by atoms with Crippen LogP contribution in [0.5, 0.6) is 0 Å². The molecule has 1 saturated heterocycles. The van der Waals surface area contributed by atoms with Gasteiger partial charge in [0, 0.05) is 47.4 Å². The number of nitrogens with zero attached hydrogens (tertiary/aromatic N) is 1. The summed E-state index contributed by atoms with van der Waals surface area (Å²) in [6.07, 6.45) is 1.35. The van der Waals surface area contributed by atoms with E-state index in [1.54, 1.807) is 53.4 Å². The van der Waals surface area contributed by atoms with Crippen molar-refractivity contribution in [2.45, 2.75) is 19.8 Å². The molecule has 2 aromatic carbocycles. The molecule has 0 unspecified atom stereocenters. The van der Waals surface area contributed by atoms with Gasteiger partial charge in [-0.05, 0) is 68.3 Å². The minimum absolute atomic E-state index is 0.0237. The second kappa shape index (κ2) is 9.56. The zero-order valence-corrected chi connectivity index (χ0v) is 17.0. The van der Waals surface area contributed by atoms with Crippen LogP contribution in [-0.2, 0) is 4.79 Å². The van der Waals surface area contributed by atoms with Crippen LogP contribution in [0.4, 0.5) is 5.69 Å². The summed E-state index contributed by atoms with van der Waals surface area (Å²) in [5.41, 5.74) is 1.67. The topological polar surface area (TPSA) is 78.5 Å². The molecule has 0 aliphatic carbocycles. The highest BCUT2D eigenvalue weighted by Crippen LogP contribution is 2.20. The summed E-state index contributed by atoms with van der Waals surface area (Å²) >= 11 is 5.84. The molecule has 152 valence electrons. The Balaban J connectivity index is 1.56. The third kappa shape index (κ3) is 5.35. The van der Waals surface area contributed by atoms with Crippen LogP contribution in [0.3, 0.4) is 0 Å². The van der Waals surface area contributed by atoms with Crippen LogP contribution < -0.4 is 10.6 Å². The van der Waals surface area contributed by atoms with E-state index in [4.69, 9.17) is 11.6 Å². The molecule has 1 aliphatic rings. The molecule has 2 N–H and O–H groups in total. The first-order chi connectivity index (χ1) is 14.0. The minimum atomic E-state index is -0.242. The average Bonchev–Trinajstić information content (AvgIpc) is 2.74. The van der Waals surface area contributed by atoms with Crippen LogP contribution in [0.1, 0.15) is 40.5 Å². The van der Waals surface area contributed by atoms with Crippen LogP contribution in [0.25, 0.3) is 0 Å². The second-order valence-corrected chi connectivity index (χ2v) is 7.44. The average molecular weight is 414 g/mol. The predicted octanol–water partition coefficient (Wildman–Crippen LogP) is 3.58. The van der Waals surface area contributed by atoms with Crippen molar-refractivity contribution in [3.63, 3.8) is 0 Å². The van der Waals surface area contributed by atoms with Crippen molar-refractivity contribution in [3.8, 4) is 0 Å². The second-order valence-electron chi connectivity index (χ2n) is 7.00. The molecule has 7 heteroatoms. The fourth-order valence-electron chi connectivity index (χ4n) is 3.35. The van der Waals surface area contributed by atoms with E-state index in [1.165, 1.54) is 0 Å². The van der Waals surface area contributed by atoms with E-state index in [9.17, 15) is 14.4 Å². The molecule has 3 rings (SSSR count). The lowest BCUT2D eigenvalue weighted by Crippen LogP contribution is -2.43. The summed E-state index contributed by atoms with van der Waals surface area (Å²) in [5.74, 6) is -0.257. The van der Waals surface area contributed by atoms with Crippen molar-refractivity contribution >= 4 is 35.0 Å². The molecule has 0 spiro atoms. The highest BCUT2D eigenvalue weighted by Gasteiger charge is 2.27. The number of benzene rings is 2. The number of halogens is 1. The molecule has 3 amide bonds. The van der Waals surface area contributed by atoms with Gasteiger partial charge in [-0.25, -0.2) is 0 Å². The van der Waals surface area contributed by atoms with Crippen LogP contribution in [-0.4, -0.2) is 42.3 Å². The van der Waals surface area contributed by atoms with Gasteiger partial charge in [-0.15, -0.1) is 0 Å². The van der Waals surface area contributed by atoms with Gasteiger partial charge in [0.25, 0.3) is 11.8 Å². The van der Waals surface area contributed by atoms with Crippen molar-refractivity contribution in [1.82, 2.24) is 10.2 Å². The number of amides is 3. The van der Waals surface area contributed by atoms with E-state index < -0.39 is 0 Å². The van der Waals surface area contributed by atoms with Gasteiger partial charge >= 0.3 is 0 Å². The Bertz CT molecular complexity index is 873. The lowest BCUT2D eigenvalue weighted by molar-refractivity contribution is -0.126. The van der Waals surface area contributed by atoms with E-state index in [1.807, 2.05) is 6.92 Å². The maximum Gasteiger partial charge on any atom is 0.255 e. The summed E-state index contributed by atoms with van der Waals surface area (Å²) < 4.78 is 0. The summed E-state index contributed by atoms with van der Waals surface area (Å²) in [4.78, 5) is 38.7. The molecule has 1 heterocycles. The van der Waals surface area contributed by atoms with Gasteiger partial charge in [-0.3, -0.25) is 14.4 Å². The van der Waals surface area contributed by atoms with Gasteiger partial charge in [0.15, 0.2) is 0 Å². The van der Waals surface area contributed by atoms with E-state index in [0.29, 0.717) is 54.3 Å². The van der Waals surface area contributed by atoms with Crippen LogP contribution in [0, 0.1) is 5.92 Å². The molecule has 1 fully saturated rings. The largest absolute Gasteiger partial charge is 0.356 e. The monoisotopic (exact) mass is 413 g/mol. The zero-order valence-electron chi connectivity index (χ0n) is 16.3. The van der Waals surface area contributed by atoms with E-state index in [2.05, 4.69) is 10.6 Å². The Labute approximate surface area is 175 Å². The lowest BCUT2D eigenvalue weighted by Gasteiger charge is -2.31. The lowest BCUT2D eigenvalue weighted by atomic mass is 9.95. The summed E-state index contributed by atoms with van der Waals surface area (Å²) in [6, 6.07) is 13.5. The van der Waals surface area contributed by atoms with E-state index >= 15 is 0 Å². The normalized spacial score (nSPS) is 14.3. The number of anilines is 1. The number of hydrogen-bond donors (Lipinski definition) is 2. The summed E-state index contributed by atoms with van der Waals surface area (Å²) in [7, 11) is 0. The molecule has 0 atom stereocenters. The first-order valence-electron chi connectivity index (χ1n) is 9.72. The van der Waals surface area contributed by atoms with Gasteiger partial charge < -0.3 is 15.5 Å². The Kier molecular flexibility index (Phi) is 6.88. The number of rotatable bonds is 5. The highest BCUT2D eigenvalue weighted by atomic mass is 35.5. The number of carbonyl (C=O) groups excluding carboxylic acids is 3. The molecule has 0 bridgehead atoms. The molecule has 29 heavy (non-hydrogen) atoms. The first-order valence-corrected chi connectivity index (χ1v) is 10.1. The first kappa shape index (κ1) is 20.9. The van der Waals surface area contributed by atoms with Crippen molar-refractivity contribution in [1.29, 1.82) is 0 Å². The molecule has 0 radical (unpaired) electrons. The molecular weight excluding hydrogens is 390 g/mol. The van der Waals surface area contributed by atoms with Gasteiger partial charge in [-0.2, -0.15) is 0 Å². The Hall–Kier alpha value is -2.86. The molecule has 2 aromatic rings. The van der Waals surface area contributed by atoms with Crippen LogP contribution in [0.15, 0.2) is 48.5 Å². The Morgan fingerprint density at radius 3 is 2.14 bits per heavy atom. The summed E-state index contributed by atoms with van der Waals surface area (Å²) in [6.45, 7) is 3.66. The molecule has 0 aromatic heterocycles. The number of likely N-dealkylation sites (tertiary alicyclic amines) is 1. The zero-order chi connectivity index (χ0) is 20.8. The van der Waals surface area contributed by atoms with Crippen molar-refractivity contribution in [3.05, 3.63) is 64.7 Å². The predicted molar refractivity (Wildman–Crippen MR) is 113 cm³/mol. The highest BCUT2D eigenvalue weighted by molar-refractivity contribution is 6.30. The molecule has 1 aliphatic heterocycles. The van der Waals surface area contributed by atoms with Gasteiger partial charge in [0.05, 0.1) is 0 Å². The maximum absolute atomic E-state index is 12.7. The van der Waals surface area contributed by atoms with Crippen molar-refractivity contribution in [2.24, 2.45) is 5.92 Å². The minimum Gasteiger partial charge on any atom is -0.356 e. The van der Waals surface area contributed by atoms with Crippen LogP contribution in [0.2, 0.25) is 5.02 Å². The fourth-order valence-corrected chi connectivity index (χ4v) is 3.47. The van der Waals surface area contributed by atoms with E-state index in [0.717, 1.165) is 0 Å². The van der Waals surface area contributed by atoms with Crippen LogP contribution >= 0.6 is 11.6 Å². The maximum atomic E-state index is 12.7. The fraction of sp³-hybridized carbons (Fsp3) is 0.318. The number of carbonyl (C=O) groups is 3. The van der Waals surface area contributed by atoms with Crippen molar-refractivity contribution in [2.75, 3.05) is 25.0 Å². The van der Waals surface area contributed by atoms with Gasteiger partial charge in [0.2, 0.25) is 5.91 Å². The molecule has 0 saturated carbocycles. The number of nitrogens with one attached hydrogen (secondary N) is 2. The SMILES string of the molecule is CCNC(=O)C1CCN(C(=O)c2ccc(NC(=O)c3ccc(Cl)cc3)cc2)CC1. The Morgan fingerprint density at radius 2 is 1.55 bits per heavy atom. The number of piperidine rings is 1. The Morgan fingerprint density at radius 1 is 0.966 bits per heavy atom. The third-order valence-corrected chi connectivity index (χ3v) is 5.25. The number of hydrogen-bond acceptors (Lipinski definition) is 3. The van der Waals surface area contributed by atoms with E-state index in [-0.39, 0.29) is 23.6 Å². The molecule has 6 nitrogen and oxygen atoms in total. The summed E-state index contributed by atoms with van der Waals surface area (Å²) in [5, 5.41) is 6.21. The smallest absolute Gasteiger partial charge is 0.255 e. The third-order valence-electron chi connectivity index (χ3n) is 5.00. The van der Waals surface area contributed by atoms with Gasteiger partial charge in [-0.1, -0.05) is 11.6 Å². The van der Waals surface area contributed by atoms with Gasteiger partial charge in [0.1, 0.15) is 0 Å². The quantitative estimate of drug-likeness (QED) is 0.786. The standard InChI is InChI=1S/C22H24ClN3O3/c1-2-24-20(27)16-11-13-26(14-12-16)22(29)17-5-9-19(10-6-17)25-21(28)15-3-7-18(23)8-4-15/h3-10,16H,2,11-14H2,1H3,(H,24,27)(H,25,28). The molecular formula is C22H24ClN3O3.